The van der Waals surface area contributed by atoms with Gasteiger partial charge in [-0.3, -0.25) is 4.79 Å². The SMILES string of the molecule is O=C1OCC/C=C/CC/C=C/C(=N\OCC(=O)N2CCC(c3ccccc3)CC2)Cc2cc(O)cc(O)c21. The number of nitrogens with zero attached hydrogens (tertiary/aromatic N) is 2. The van der Waals surface area contributed by atoms with Crippen LogP contribution in [0.25, 0.3) is 0 Å². The molecule has 2 N–H and O–H groups in total. The van der Waals surface area contributed by atoms with Crippen LogP contribution < -0.4 is 0 Å². The number of aromatic hydroxyl groups is 2. The van der Waals surface area contributed by atoms with Crippen LogP contribution in [0, 0.1) is 0 Å². The number of amides is 1. The summed E-state index contributed by atoms with van der Waals surface area (Å²) < 4.78 is 5.31. The van der Waals surface area contributed by atoms with Gasteiger partial charge in [-0.2, -0.15) is 0 Å². The number of likely N-dealkylation sites (tertiary alicyclic amines) is 1. The summed E-state index contributed by atoms with van der Waals surface area (Å²) in [4.78, 5) is 32.7. The molecule has 2 aromatic rings. The van der Waals surface area contributed by atoms with E-state index in [-0.39, 0.29) is 42.6 Å². The van der Waals surface area contributed by atoms with E-state index in [0.29, 0.717) is 36.7 Å². The van der Waals surface area contributed by atoms with Crippen molar-refractivity contribution < 1.29 is 29.4 Å². The minimum atomic E-state index is -0.679. The van der Waals surface area contributed by atoms with E-state index in [1.165, 1.54) is 11.6 Å². The fourth-order valence-corrected chi connectivity index (χ4v) is 4.75. The van der Waals surface area contributed by atoms with Gasteiger partial charge in [-0.25, -0.2) is 4.79 Å². The Balaban J connectivity index is 1.43. The molecule has 1 saturated heterocycles. The lowest BCUT2D eigenvalue weighted by atomic mass is 9.89. The number of fused-ring (bicyclic) bond motifs is 1. The highest BCUT2D eigenvalue weighted by Crippen LogP contribution is 2.29. The first-order chi connectivity index (χ1) is 18.5. The number of allylic oxidation sites excluding steroid dienone is 3. The highest BCUT2D eigenvalue weighted by atomic mass is 16.6. The number of hydrogen-bond acceptors (Lipinski definition) is 7. The van der Waals surface area contributed by atoms with E-state index in [0.717, 1.165) is 31.7 Å². The molecule has 0 radical (unpaired) electrons. The second-order valence-corrected chi connectivity index (χ2v) is 9.47. The number of carbonyl (C=O) groups excluding carboxylic acids is 2. The molecule has 38 heavy (non-hydrogen) atoms. The van der Waals surface area contributed by atoms with Gasteiger partial charge in [0.2, 0.25) is 0 Å². The zero-order valence-electron chi connectivity index (χ0n) is 21.4. The molecule has 8 nitrogen and oxygen atoms in total. The van der Waals surface area contributed by atoms with Gasteiger partial charge in [0.25, 0.3) is 5.91 Å². The maximum absolute atomic E-state index is 12.8. The van der Waals surface area contributed by atoms with Crippen LogP contribution in [0.4, 0.5) is 0 Å². The fraction of sp³-hybridized carbons (Fsp3) is 0.367. The Bertz CT molecular complexity index is 1200. The molecule has 0 bridgehead atoms. The van der Waals surface area contributed by atoms with Crippen LogP contribution in [0.3, 0.4) is 0 Å². The van der Waals surface area contributed by atoms with E-state index in [9.17, 15) is 19.8 Å². The zero-order valence-corrected chi connectivity index (χ0v) is 21.4. The predicted octanol–water partition coefficient (Wildman–Crippen LogP) is 4.87. The molecule has 1 amide bonds. The first kappa shape index (κ1) is 27.0. The Morgan fingerprint density at radius 1 is 1.03 bits per heavy atom. The molecule has 8 heteroatoms. The average Bonchev–Trinajstić information content (AvgIpc) is 2.91. The highest BCUT2D eigenvalue weighted by Gasteiger charge is 2.24. The normalized spacial score (nSPS) is 20.2. The number of rotatable bonds is 4. The first-order valence-corrected chi connectivity index (χ1v) is 13.1. The standard InChI is InChI=1S/C30H34N2O6/c33-26-19-24-18-25(12-8-3-1-2-4-9-17-37-30(36)29(24)27(34)20-26)31-38-21-28(35)32-15-13-23(14-16-32)22-10-6-5-7-11-22/h2,4-8,10-12,19-20,23,33-34H,1,3,9,13-18,21H2/b4-2+,12-8+,31-25+. The number of phenolic OH excluding ortho intramolecular Hbond substituents is 2. The number of cyclic esters (lactones) is 1. The molecule has 2 aliphatic rings. The van der Waals surface area contributed by atoms with E-state index >= 15 is 0 Å². The average molecular weight is 519 g/mol. The second-order valence-electron chi connectivity index (χ2n) is 9.47. The van der Waals surface area contributed by atoms with Gasteiger partial charge in [-0.05, 0) is 61.3 Å². The third-order valence-electron chi connectivity index (χ3n) is 6.74. The van der Waals surface area contributed by atoms with Crippen molar-refractivity contribution in [2.45, 2.75) is 44.4 Å². The minimum Gasteiger partial charge on any atom is -0.508 e. The van der Waals surface area contributed by atoms with Crippen LogP contribution in [0.2, 0.25) is 0 Å². The van der Waals surface area contributed by atoms with Crippen LogP contribution in [0.5, 0.6) is 11.5 Å². The van der Waals surface area contributed by atoms with Gasteiger partial charge in [-0.15, -0.1) is 0 Å². The largest absolute Gasteiger partial charge is 0.508 e. The van der Waals surface area contributed by atoms with Crippen LogP contribution in [0.15, 0.2) is 71.9 Å². The number of piperidine rings is 1. The lowest BCUT2D eigenvalue weighted by Crippen LogP contribution is -2.39. The molecule has 0 unspecified atom stereocenters. The van der Waals surface area contributed by atoms with Crippen molar-refractivity contribution in [2.75, 3.05) is 26.3 Å². The van der Waals surface area contributed by atoms with Crippen molar-refractivity contribution in [3.05, 3.63) is 83.5 Å². The quantitative estimate of drug-likeness (QED) is 0.340. The number of oxime groups is 1. The molecular formula is C30H34N2O6. The molecule has 0 spiro atoms. The lowest BCUT2D eigenvalue weighted by molar-refractivity contribution is -0.137. The molecule has 2 heterocycles. The molecule has 200 valence electrons. The summed E-state index contributed by atoms with van der Waals surface area (Å²) >= 11 is 0. The molecular weight excluding hydrogens is 484 g/mol. The molecule has 2 aromatic carbocycles. The number of hydrogen-bond donors (Lipinski definition) is 2. The summed E-state index contributed by atoms with van der Waals surface area (Å²) in [6.45, 7) is 1.32. The summed E-state index contributed by atoms with van der Waals surface area (Å²) in [6.07, 6.45) is 11.7. The van der Waals surface area contributed by atoms with E-state index in [1.807, 2.05) is 36.4 Å². The summed E-state index contributed by atoms with van der Waals surface area (Å²) in [5.41, 5.74) is 2.07. The van der Waals surface area contributed by atoms with Gasteiger partial charge in [0.15, 0.2) is 6.61 Å². The van der Waals surface area contributed by atoms with Crippen molar-refractivity contribution in [1.29, 1.82) is 0 Å². The Hall–Kier alpha value is -4.07. The van der Waals surface area contributed by atoms with Crippen LogP contribution in [0.1, 0.15) is 59.5 Å². The Morgan fingerprint density at radius 2 is 1.76 bits per heavy atom. The summed E-state index contributed by atoms with van der Waals surface area (Å²) in [6, 6.07) is 12.9. The molecule has 0 saturated carbocycles. The smallest absolute Gasteiger partial charge is 0.342 e. The van der Waals surface area contributed by atoms with Gasteiger partial charge < -0.3 is 24.7 Å². The van der Waals surface area contributed by atoms with Crippen molar-refractivity contribution in [3.63, 3.8) is 0 Å². The first-order valence-electron chi connectivity index (χ1n) is 13.1. The number of esters is 1. The van der Waals surface area contributed by atoms with Crippen LogP contribution in [-0.2, 0) is 20.8 Å². The van der Waals surface area contributed by atoms with Gasteiger partial charge in [0, 0.05) is 25.6 Å². The molecule has 2 aliphatic heterocycles. The third-order valence-corrected chi connectivity index (χ3v) is 6.74. The highest BCUT2D eigenvalue weighted by molar-refractivity contribution is 6.00. The van der Waals surface area contributed by atoms with Gasteiger partial charge in [0.1, 0.15) is 17.1 Å². The van der Waals surface area contributed by atoms with Crippen molar-refractivity contribution in [3.8, 4) is 11.5 Å². The van der Waals surface area contributed by atoms with Gasteiger partial charge >= 0.3 is 5.97 Å². The monoisotopic (exact) mass is 518 g/mol. The number of ether oxygens (including phenoxy) is 1. The van der Waals surface area contributed by atoms with Gasteiger partial charge in [-0.1, -0.05) is 53.7 Å². The number of phenols is 2. The van der Waals surface area contributed by atoms with Crippen molar-refractivity contribution in [1.82, 2.24) is 4.90 Å². The fourth-order valence-electron chi connectivity index (χ4n) is 4.75. The van der Waals surface area contributed by atoms with Crippen LogP contribution >= 0.6 is 0 Å². The van der Waals surface area contributed by atoms with E-state index in [2.05, 4.69) is 17.3 Å². The van der Waals surface area contributed by atoms with E-state index in [4.69, 9.17) is 9.57 Å². The Labute approximate surface area is 222 Å². The molecule has 4 rings (SSSR count). The third kappa shape index (κ3) is 7.47. The van der Waals surface area contributed by atoms with E-state index in [1.54, 1.807) is 11.0 Å². The lowest BCUT2D eigenvalue weighted by Gasteiger charge is -2.32. The minimum absolute atomic E-state index is 0.0256. The molecule has 0 aromatic heterocycles. The van der Waals surface area contributed by atoms with Gasteiger partial charge in [0.05, 0.1) is 12.3 Å². The second kappa shape index (κ2) is 13.5. The van der Waals surface area contributed by atoms with E-state index < -0.39 is 5.97 Å². The number of benzene rings is 2. The Kier molecular flexibility index (Phi) is 9.56. The predicted molar refractivity (Wildman–Crippen MR) is 144 cm³/mol. The molecule has 0 aliphatic carbocycles. The summed E-state index contributed by atoms with van der Waals surface area (Å²) in [7, 11) is 0. The topological polar surface area (TPSA) is 109 Å². The van der Waals surface area contributed by atoms with Crippen LogP contribution in [-0.4, -0.2) is 59.0 Å². The van der Waals surface area contributed by atoms with Crippen molar-refractivity contribution in [2.24, 2.45) is 5.16 Å². The number of carbonyl (C=O) groups is 2. The summed E-state index contributed by atoms with van der Waals surface area (Å²) in [5.74, 6) is -0.912. The Morgan fingerprint density at radius 3 is 2.55 bits per heavy atom. The summed E-state index contributed by atoms with van der Waals surface area (Å²) in [5, 5.41) is 24.6. The molecule has 0 atom stereocenters. The maximum Gasteiger partial charge on any atom is 0.342 e. The van der Waals surface area contributed by atoms with Crippen molar-refractivity contribution >= 4 is 17.6 Å². The molecule has 1 fully saturated rings. The maximum atomic E-state index is 12.8. The zero-order chi connectivity index (χ0) is 26.7.